The van der Waals surface area contributed by atoms with E-state index in [4.69, 9.17) is 24.1 Å². The first-order valence-electron chi connectivity index (χ1n) is 15.1. The summed E-state index contributed by atoms with van der Waals surface area (Å²) in [6, 6.07) is 40.2. The highest BCUT2D eigenvalue weighted by Gasteiger charge is 2.18. The molecule has 0 aliphatic heterocycles. The first-order valence-corrected chi connectivity index (χ1v) is 15.1. The molecule has 0 amide bonds. The smallest absolute Gasteiger partial charge is 0.341 e. The fraction of sp³-hybridized carbons (Fsp3) is 0.154. The van der Waals surface area contributed by atoms with Crippen molar-refractivity contribution >= 4 is 16.9 Å². The lowest BCUT2D eigenvalue weighted by Crippen LogP contribution is -2.10. The summed E-state index contributed by atoms with van der Waals surface area (Å²) in [6.45, 7) is 3.23. The van der Waals surface area contributed by atoms with Gasteiger partial charge in [0.1, 0.15) is 24.7 Å². The summed E-state index contributed by atoms with van der Waals surface area (Å²) in [4.78, 5) is 11.1. The fourth-order valence-corrected chi connectivity index (χ4v) is 5.57. The number of hydrogen-bond donors (Lipinski definition) is 1. The van der Waals surface area contributed by atoms with Crippen LogP contribution in [0.25, 0.3) is 22.2 Å². The number of hydrogen-bond acceptors (Lipinski definition) is 5. The molecule has 232 valence electrons. The molecule has 46 heavy (non-hydrogen) atoms. The monoisotopic (exact) mass is 613 g/mol. The van der Waals surface area contributed by atoms with Crippen LogP contribution in [-0.2, 0) is 24.6 Å². The van der Waals surface area contributed by atoms with Crippen molar-refractivity contribution in [2.24, 2.45) is 0 Å². The van der Waals surface area contributed by atoms with Crippen LogP contribution < -0.4 is 18.9 Å². The molecule has 0 spiro atoms. The van der Waals surface area contributed by atoms with E-state index in [-0.39, 0.29) is 0 Å². The van der Waals surface area contributed by atoms with Crippen molar-refractivity contribution < 1.29 is 28.8 Å². The Hall–Kier alpha value is -5.69. The molecule has 7 heteroatoms. The molecule has 6 aromatic rings. The summed E-state index contributed by atoms with van der Waals surface area (Å²) in [6.07, 6.45) is 0. The molecule has 1 aromatic heterocycles. The zero-order valence-corrected chi connectivity index (χ0v) is 25.8. The van der Waals surface area contributed by atoms with E-state index < -0.39 is 12.6 Å². The number of fused-ring (bicyclic) bond motifs is 1. The summed E-state index contributed by atoms with van der Waals surface area (Å²) in [5.41, 5.74) is 7.53. The molecule has 0 saturated heterocycles. The standard InChI is InChI=1S/C39H35NO6/c1-27-34-22-33(45-25-29-11-7-4-8-12-29)18-19-35(34)40(23-30-13-20-36(37(21-30)43-2)46-26-38(41)42)39(27)31-14-16-32(17-15-31)44-24-28-9-5-3-6-10-28/h3-22H,23-26H2,1-2H3,(H,41,42). The number of carboxylic acid groups (broad SMARTS) is 1. The first-order chi connectivity index (χ1) is 22.5. The van der Waals surface area contributed by atoms with Crippen LogP contribution in [0.3, 0.4) is 0 Å². The Labute approximate surface area is 268 Å². The zero-order valence-electron chi connectivity index (χ0n) is 25.8. The van der Waals surface area contributed by atoms with Crippen molar-refractivity contribution in [1.29, 1.82) is 0 Å². The summed E-state index contributed by atoms with van der Waals surface area (Å²) >= 11 is 0. The maximum atomic E-state index is 11.1. The third-order valence-electron chi connectivity index (χ3n) is 7.83. The van der Waals surface area contributed by atoms with Crippen molar-refractivity contribution in [2.75, 3.05) is 13.7 Å². The summed E-state index contributed by atoms with van der Waals surface area (Å²) < 4.78 is 25.5. The van der Waals surface area contributed by atoms with Gasteiger partial charge in [0.15, 0.2) is 18.1 Å². The molecule has 0 fully saturated rings. The predicted molar refractivity (Wildman–Crippen MR) is 179 cm³/mol. The van der Waals surface area contributed by atoms with E-state index in [1.165, 1.54) is 0 Å². The lowest BCUT2D eigenvalue weighted by Gasteiger charge is -2.15. The third-order valence-corrected chi connectivity index (χ3v) is 7.83. The quantitative estimate of drug-likeness (QED) is 0.141. The zero-order chi connectivity index (χ0) is 31.9. The van der Waals surface area contributed by atoms with Gasteiger partial charge in [-0.05, 0) is 89.3 Å². The number of ether oxygens (including phenoxy) is 4. The van der Waals surface area contributed by atoms with E-state index in [1.807, 2.05) is 78.9 Å². The SMILES string of the molecule is COc1cc(Cn2c(-c3ccc(OCc4ccccc4)cc3)c(C)c3cc(OCc4ccccc4)ccc32)ccc1OCC(=O)O. The Morgan fingerprint density at radius 2 is 1.30 bits per heavy atom. The lowest BCUT2D eigenvalue weighted by molar-refractivity contribution is -0.139. The van der Waals surface area contributed by atoms with Crippen LogP contribution in [0, 0.1) is 6.92 Å². The summed E-state index contributed by atoms with van der Waals surface area (Å²) in [7, 11) is 1.55. The Bertz CT molecular complexity index is 1930. The Kier molecular flexibility index (Phi) is 9.20. The number of carboxylic acids is 1. The molecule has 0 aliphatic rings. The van der Waals surface area contributed by atoms with Gasteiger partial charge in [-0.15, -0.1) is 0 Å². The number of aliphatic carboxylic acids is 1. The normalized spacial score (nSPS) is 10.9. The Balaban J connectivity index is 1.34. The van der Waals surface area contributed by atoms with E-state index in [9.17, 15) is 4.79 Å². The van der Waals surface area contributed by atoms with Crippen molar-refractivity contribution in [3.05, 3.63) is 144 Å². The van der Waals surface area contributed by atoms with Gasteiger partial charge in [-0.1, -0.05) is 66.7 Å². The maximum Gasteiger partial charge on any atom is 0.341 e. The predicted octanol–water partition coefficient (Wildman–Crippen LogP) is 8.30. The molecule has 0 unspecified atom stereocenters. The van der Waals surface area contributed by atoms with Gasteiger partial charge in [0.05, 0.1) is 12.8 Å². The van der Waals surface area contributed by atoms with E-state index in [0.717, 1.165) is 55.9 Å². The van der Waals surface area contributed by atoms with Gasteiger partial charge in [-0.2, -0.15) is 0 Å². The minimum atomic E-state index is -1.05. The van der Waals surface area contributed by atoms with Crippen LogP contribution in [0.4, 0.5) is 0 Å². The van der Waals surface area contributed by atoms with Crippen LogP contribution in [0.1, 0.15) is 22.3 Å². The molecule has 7 nitrogen and oxygen atoms in total. The minimum Gasteiger partial charge on any atom is -0.493 e. The van der Waals surface area contributed by atoms with Gasteiger partial charge >= 0.3 is 5.97 Å². The number of benzene rings is 5. The minimum absolute atomic E-state index is 0.383. The molecule has 6 rings (SSSR count). The first kappa shape index (κ1) is 30.3. The molecule has 1 N–H and O–H groups in total. The van der Waals surface area contributed by atoms with Gasteiger partial charge in [0, 0.05) is 17.4 Å². The molecule has 0 saturated carbocycles. The average molecular weight is 614 g/mol. The molecule has 5 aromatic carbocycles. The fourth-order valence-electron chi connectivity index (χ4n) is 5.57. The van der Waals surface area contributed by atoms with Crippen LogP contribution in [0.5, 0.6) is 23.0 Å². The molecule has 0 bridgehead atoms. The van der Waals surface area contributed by atoms with E-state index in [0.29, 0.717) is 31.3 Å². The van der Waals surface area contributed by atoms with Crippen LogP contribution in [0.15, 0.2) is 121 Å². The number of aromatic nitrogens is 1. The number of nitrogens with zero attached hydrogens (tertiary/aromatic N) is 1. The third kappa shape index (κ3) is 7.00. The van der Waals surface area contributed by atoms with E-state index in [2.05, 4.69) is 47.9 Å². The largest absolute Gasteiger partial charge is 0.493 e. The van der Waals surface area contributed by atoms with Gasteiger partial charge in [-0.25, -0.2) is 4.79 Å². The molecule has 0 atom stereocenters. The highest BCUT2D eigenvalue weighted by Crippen LogP contribution is 2.37. The number of aryl methyl sites for hydroxylation is 1. The topological polar surface area (TPSA) is 79.2 Å². The van der Waals surface area contributed by atoms with Crippen LogP contribution >= 0.6 is 0 Å². The van der Waals surface area contributed by atoms with Crippen LogP contribution in [0.2, 0.25) is 0 Å². The van der Waals surface area contributed by atoms with Gasteiger partial charge in [0.25, 0.3) is 0 Å². The molecule has 1 heterocycles. The van der Waals surface area contributed by atoms with Crippen LogP contribution in [-0.4, -0.2) is 29.4 Å². The molecular formula is C39H35NO6. The Morgan fingerprint density at radius 3 is 1.93 bits per heavy atom. The summed E-state index contributed by atoms with van der Waals surface area (Å²) in [5, 5.41) is 10.1. The second-order valence-electron chi connectivity index (χ2n) is 11.0. The van der Waals surface area contributed by atoms with Gasteiger partial charge in [0.2, 0.25) is 0 Å². The maximum absolute atomic E-state index is 11.1. The Morgan fingerprint density at radius 1 is 0.674 bits per heavy atom. The number of carbonyl (C=O) groups is 1. The highest BCUT2D eigenvalue weighted by molar-refractivity contribution is 5.92. The lowest BCUT2D eigenvalue weighted by atomic mass is 10.1. The molecule has 0 radical (unpaired) electrons. The van der Waals surface area contributed by atoms with Gasteiger partial charge < -0.3 is 28.6 Å². The molecule has 0 aliphatic carbocycles. The van der Waals surface area contributed by atoms with Gasteiger partial charge in [-0.3, -0.25) is 0 Å². The molecular weight excluding hydrogens is 578 g/mol. The van der Waals surface area contributed by atoms with Crippen molar-refractivity contribution in [3.8, 4) is 34.3 Å². The number of rotatable bonds is 13. The van der Waals surface area contributed by atoms with E-state index >= 15 is 0 Å². The highest BCUT2D eigenvalue weighted by atomic mass is 16.5. The second-order valence-corrected chi connectivity index (χ2v) is 11.0. The second kappa shape index (κ2) is 13.9. The van der Waals surface area contributed by atoms with Crippen molar-refractivity contribution in [2.45, 2.75) is 26.7 Å². The van der Waals surface area contributed by atoms with E-state index in [1.54, 1.807) is 13.2 Å². The summed E-state index contributed by atoms with van der Waals surface area (Å²) in [5.74, 6) is 1.41. The van der Waals surface area contributed by atoms with Crippen molar-refractivity contribution in [3.63, 3.8) is 0 Å². The van der Waals surface area contributed by atoms with Crippen molar-refractivity contribution in [1.82, 2.24) is 4.57 Å². The number of methoxy groups -OCH3 is 1. The average Bonchev–Trinajstić information content (AvgIpc) is 3.36.